The van der Waals surface area contributed by atoms with Crippen molar-refractivity contribution in [3.63, 3.8) is 0 Å². The van der Waals surface area contributed by atoms with Crippen LogP contribution < -0.4 is 0 Å². The van der Waals surface area contributed by atoms with Gasteiger partial charge in [0.15, 0.2) is 0 Å². The van der Waals surface area contributed by atoms with Crippen molar-refractivity contribution in [3.8, 4) is 0 Å². The first-order valence-corrected chi connectivity index (χ1v) is 9.15. The van der Waals surface area contributed by atoms with E-state index in [1.54, 1.807) is 0 Å². The lowest BCUT2D eigenvalue weighted by Crippen LogP contribution is -2.32. The van der Waals surface area contributed by atoms with Crippen molar-refractivity contribution in [2.75, 3.05) is 25.7 Å². The summed E-state index contributed by atoms with van der Waals surface area (Å²) in [5.74, 6) is 1.23. The SMILES string of the molecule is CC(C)C1COC2C1OCC2S(C)(C)S. The Labute approximate surface area is 99.2 Å². The molecule has 90 valence electrons. The second-order valence-corrected chi connectivity index (χ2v) is 11.5. The smallest absolute Gasteiger partial charge is 0.0973 e. The maximum absolute atomic E-state index is 5.94. The van der Waals surface area contributed by atoms with Gasteiger partial charge >= 0.3 is 0 Å². The van der Waals surface area contributed by atoms with Gasteiger partial charge in [0.05, 0.1) is 25.4 Å². The quantitative estimate of drug-likeness (QED) is 0.599. The molecule has 0 aliphatic carbocycles. The van der Waals surface area contributed by atoms with E-state index in [0.29, 0.717) is 29.3 Å². The van der Waals surface area contributed by atoms with Crippen LogP contribution in [0.3, 0.4) is 0 Å². The molecule has 15 heavy (non-hydrogen) atoms. The Kier molecular flexibility index (Phi) is 3.33. The molecule has 2 rings (SSSR count). The molecule has 0 saturated carbocycles. The lowest BCUT2D eigenvalue weighted by Gasteiger charge is -2.33. The monoisotopic (exact) mass is 250 g/mol. The van der Waals surface area contributed by atoms with Gasteiger partial charge in [-0.1, -0.05) is 13.8 Å². The molecule has 2 heterocycles. The minimum absolute atomic E-state index is 0.305. The summed E-state index contributed by atoms with van der Waals surface area (Å²) in [7, 11) is -0.861. The molecule has 0 N–H and O–H groups in total. The third kappa shape index (κ3) is 2.19. The number of hydrogen-bond donors (Lipinski definition) is 1. The Bertz CT molecular complexity index is 237. The number of fused-ring (bicyclic) bond motifs is 1. The van der Waals surface area contributed by atoms with Crippen LogP contribution in [0.15, 0.2) is 0 Å². The molecule has 2 aliphatic heterocycles. The van der Waals surface area contributed by atoms with Gasteiger partial charge in [0.1, 0.15) is 0 Å². The van der Waals surface area contributed by atoms with Gasteiger partial charge in [0, 0.05) is 11.2 Å². The molecular formula is C11H22O2S2. The number of ether oxygens (including phenoxy) is 2. The molecule has 4 unspecified atom stereocenters. The standard InChI is InChI=1S/C11H22O2S2/c1-7(2)8-5-12-11-9(15(3,4)14)6-13-10(8)11/h7-11,14H,5-6H2,1-4H3. The van der Waals surface area contributed by atoms with Crippen molar-refractivity contribution in [3.05, 3.63) is 0 Å². The third-order valence-electron chi connectivity index (χ3n) is 3.64. The Morgan fingerprint density at radius 2 is 1.73 bits per heavy atom. The third-order valence-corrected chi connectivity index (χ3v) is 6.34. The normalized spacial score (nSPS) is 42.3. The molecule has 2 nitrogen and oxygen atoms in total. The molecule has 0 bridgehead atoms. The fraction of sp³-hybridized carbons (Fsp3) is 1.00. The maximum atomic E-state index is 5.94. The second-order valence-electron chi connectivity index (χ2n) is 5.39. The fourth-order valence-corrected chi connectivity index (χ4v) is 4.40. The fourth-order valence-electron chi connectivity index (χ4n) is 2.56. The zero-order chi connectivity index (χ0) is 11.2. The van der Waals surface area contributed by atoms with Crippen LogP contribution in [0.5, 0.6) is 0 Å². The highest BCUT2D eigenvalue weighted by Crippen LogP contribution is 2.56. The van der Waals surface area contributed by atoms with E-state index in [4.69, 9.17) is 21.1 Å². The summed E-state index contributed by atoms with van der Waals surface area (Å²) in [5.41, 5.74) is 0. The van der Waals surface area contributed by atoms with E-state index in [-0.39, 0.29) is 0 Å². The summed E-state index contributed by atoms with van der Waals surface area (Å²) in [6.45, 7) is 6.22. The average molecular weight is 250 g/mol. The summed E-state index contributed by atoms with van der Waals surface area (Å²) in [5, 5.41) is 0.509. The predicted molar refractivity (Wildman–Crippen MR) is 70.0 cm³/mol. The molecule has 0 aromatic carbocycles. The van der Waals surface area contributed by atoms with Crippen LogP contribution in [-0.4, -0.2) is 43.2 Å². The van der Waals surface area contributed by atoms with E-state index in [0.717, 1.165) is 13.2 Å². The summed E-state index contributed by atoms with van der Waals surface area (Å²) in [4.78, 5) is 0. The first-order chi connectivity index (χ1) is 6.91. The van der Waals surface area contributed by atoms with Crippen LogP contribution in [0.4, 0.5) is 0 Å². The van der Waals surface area contributed by atoms with Crippen LogP contribution in [0.25, 0.3) is 0 Å². The van der Waals surface area contributed by atoms with Crippen LogP contribution in [-0.2, 0) is 9.47 Å². The van der Waals surface area contributed by atoms with Gasteiger partial charge in [0.25, 0.3) is 0 Å². The minimum Gasteiger partial charge on any atom is -0.374 e. The second kappa shape index (κ2) is 4.13. The highest BCUT2D eigenvalue weighted by Gasteiger charge is 2.50. The van der Waals surface area contributed by atoms with Crippen molar-refractivity contribution in [2.24, 2.45) is 11.8 Å². The van der Waals surface area contributed by atoms with Crippen molar-refractivity contribution in [2.45, 2.75) is 31.3 Å². The summed E-state index contributed by atoms with van der Waals surface area (Å²) < 4.78 is 11.9. The molecular weight excluding hydrogens is 228 g/mol. The minimum atomic E-state index is -0.861. The van der Waals surface area contributed by atoms with Gasteiger partial charge in [-0.2, -0.15) is 9.06 Å². The highest BCUT2D eigenvalue weighted by molar-refractivity contribution is 8.87. The molecule has 4 heteroatoms. The molecule has 0 aromatic heterocycles. The van der Waals surface area contributed by atoms with Crippen LogP contribution in [0.1, 0.15) is 13.8 Å². The number of rotatable bonds is 2. The Morgan fingerprint density at radius 3 is 2.27 bits per heavy atom. The molecule has 2 fully saturated rings. The van der Waals surface area contributed by atoms with Gasteiger partial charge in [0.2, 0.25) is 0 Å². The van der Waals surface area contributed by atoms with E-state index in [1.807, 2.05) is 0 Å². The summed E-state index contributed by atoms with van der Waals surface area (Å²) >= 11 is 4.74. The lowest BCUT2D eigenvalue weighted by molar-refractivity contribution is 0.0551. The summed E-state index contributed by atoms with van der Waals surface area (Å²) in [6.07, 6.45) is 5.10. The Hall–Kier alpha value is 0.620. The maximum Gasteiger partial charge on any atom is 0.0973 e. The van der Waals surface area contributed by atoms with Crippen LogP contribution >= 0.6 is 20.7 Å². The predicted octanol–water partition coefficient (Wildman–Crippen LogP) is 2.33. The zero-order valence-electron chi connectivity index (χ0n) is 9.97. The molecule has 0 radical (unpaired) electrons. The van der Waals surface area contributed by atoms with E-state index < -0.39 is 9.06 Å². The van der Waals surface area contributed by atoms with Crippen molar-refractivity contribution >= 4 is 20.7 Å². The van der Waals surface area contributed by atoms with Gasteiger partial charge in [-0.15, -0.1) is 11.7 Å². The first-order valence-electron chi connectivity index (χ1n) is 5.59. The van der Waals surface area contributed by atoms with Gasteiger partial charge in [-0.05, 0) is 18.4 Å². The summed E-state index contributed by atoms with van der Waals surface area (Å²) in [6, 6.07) is 0. The molecule has 0 amide bonds. The number of thiol groups is 1. The molecule has 0 aromatic rings. The highest BCUT2D eigenvalue weighted by atomic mass is 33.1. The van der Waals surface area contributed by atoms with E-state index in [9.17, 15) is 0 Å². The van der Waals surface area contributed by atoms with E-state index >= 15 is 0 Å². The van der Waals surface area contributed by atoms with E-state index in [1.165, 1.54) is 0 Å². The first kappa shape index (κ1) is 12.1. The van der Waals surface area contributed by atoms with Crippen LogP contribution in [0.2, 0.25) is 0 Å². The van der Waals surface area contributed by atoms with E-state index in [2.05, 4.69) is 26.4 Å². The lowest BCUT2D eigenvalue weighted by atomic mass is 9.91. The topological polar surface area (TPSA) is 18.5 Å². The van der Waals surface area contributed by atoms with Crippen molar-refractivity contribution < 1.29 is 9.47 Å². The molecule has 2 saturated heterocycles. The van der Waals surface area contributed by atoms with Crippen molar-refractivity contribution in [1.29, 1.82) is 0 Å². The van der Waals surface area contributed by atoms with Gasteiger partial charge in [-0.3, -0.25) is 0 Å². The molecule has 4 atom stereocenters. The largest absolute Gasteiger partial charge is 0.374 e. The average Bonchev–Trinajstić information content (AvgIpc) is 2.56. The number of hydrogen-bond acceptors (Lipinski definition) is 3. The van der Waals surface area contributed by atoms with Crippen molar-refractivity contribution in [1.82, 2.24) is 0 Å². The zero-order valence-corrected chi connectivity index (χ0v) is 11.7. The Balaban J connectivity index is 2.09. The Morgan fingerprint density at radius 1 is 1.13 bits per heavy atom. The molecule has 0 spiro atoms. The van der Waals surface area contributed by atoms with Gasteiger partial charge in [-0.25, -0.2) is 0 Å². The van der Waals surface area contributed by atoms with Crippen LogP contribution in [0, 0.1) is 11.8 Å². The van der Waals surface area contributed by atoms with Gasteiger partial charge < -0.3 is 9.47 Å². The molecule has 2 aliphatic rings.